The quantitative estimate of drug-likeness (QED) is 0.638. The molecule has 0 aromatic heterocycles. The van der Waals surface area contributed by atoms with Crippen molar-refractivity contribution >= 4 is 17.8 Å². The number of benzene rings is 1. The summed E-state index contributed by atoms with van der Waals surface area (Å²) in [4.78, 5) is 35.5. The molecule has 2 N–H and O–H groups in total. The van der Waals surface area contributed by atoms with Crippen LogP contribution in [0.1, 0.15) is 37.8 Å². The van der Waals surface area contributed by atoms with Crippen LogP contribution in [0.15, 0.2) is 42.5 Å². The maximum atomic E-state index is 12.2. The first-order chi connectivity index (χ1) is 11.6. The zero-order valence-corrected chi connectivity index (χ0v) is 13.7. The number of amides is 2. The molecule has 6 nitrogen and oxygen atoms in total. The van der Waals surface area contributed by atoms with Crippen molar-refractivity contribution in [1.82, 2.24) is 10.6 Å². The standard InChI is InChI=1S/C18H22N2O4/c1-13(21)19-15-10-6-3-7-11-17(22)20-16(12-24-18(15)23)14-8-4-2-5-9-14/h2-6,8-9,15-16H,7,10-12H2,1H3,(H,19,21)(H,20,22)/b6-3-/t15-,16+/m1/s1. The number of cyclic esters (lactones) is 1. The third-order valence-corrected chi connectivity index (χ3v) is 3.67. The normalized spacial score (nSPS) is 23.9. The fraction of sp³-hybridized carbons (Fsp3) is 0.389. The molecule has 0 fully saturated rings. The van der Waals surface area contributed by atoms with Gasteiger partial charge < -0.3 is 15.4 Å². The van der Waals surface area contributed by atoms with E-state index >= 15 is 0 Å². The van der Waals surface area contributed by atoms with Crippen molar-refractivity contribution in [2.24, 2.45) is 0 Å². The minimum atomic E-state index is -0.717. The highest BCUT2D eigenvalue weighted by Gasteiger charge is 2.23. The number of hydrogen-bond acceptors (Lipinski definition) is 4. The second kappa shape index (κ2) is 8.86. The van der Waals surface area contributed by atoms with Gasteiger partial charge in [0.2, 0.25) is 11.8 Å². The highest BCUT2D eigenvalue weighted by Crippen LogP contribution is 2.15. The van der Waals surface area contributed by atoms with Gasteiger partial charge in [-0.15, -0.1) is 0 Å². The molecule has 0 bridgehead atoms. The fourth-order valence-electron chi connectivity index (χ4n) is 2.46. The second-order valence-electron chi connectivity index (χ2n) is 5.66. The molecule has 6 heteroatoms. The highest BCUT2D eigenvalue weighted by atomic mass is 16.5. The molecular formula is C18H22N2O4. The number of rotatable bonds is 2. The first-order valence-electron chi connectivity index (χ1n) is 7.99. The van der Waals surface area contributed by atoms with Crippen LogP contribution >= 0.6 is 0 Å². The summed E-state index contributed by atoms with van der Waals surface area (Å²) >= 11 is 0. The molecule has 0 saturated carbocycles. The van der Waals surface area contributed by atoms with Crippen molar-refractivity contribution in [2.45, 2.75) is 38.3 Å². The lowest BCUT2D eigenvalue weighted by atomic mass is 10.1. The summed E-state index contributed by atoms with van der Waals surface area (Å²) in [7, 11) is 0. The third kappa shape index (κ3) is 5.53. The van der Waals surface area contributed by atoms with Crippen LogP contribution in [0.3, 0.4) is 0 Å². The zero-order chi connectivity index (χ0) is 17.4. The SMILES string of the molecule is CC(=O)N[C@@H]1C/C=C\CCC(=O)N[C@H](c2ccccc2)COC1=O. The first-order valence-corrected chi connectivity index (χ1v) is 7.99. The Morgan fingerprint density at radius 2 is 1.96 bits per heavy atom. The largest absolute Gasteiger partial charge is 0.462 e. The molecule has 2 atom stereocenters. The van der Waals surface area contributed by atoms with Gasteiger partial charge in [-0.25, -0.2) is 4.79 Å². The van der Waals surface area contributed by atoms with E-state index in [1.54, 1.807) is 6.08 Å². The van der Waals surface area contributed by atoms with Crippen LogP contribution in [0.4, 0.5) is 0 Å². The molecular weight excluding hydrogens is 308 g/mol. The van der Waals surface area contributed by atoms with E-state index in [1.165, 1.54) is 6.92 Å². The maximum absolute atomic E-state index is 12.2. The topological polar surface area (TPSA) is 84.5 Å². The summed E-state index contributed by atoms with van der Waals surface area (Å²) in [5, 5.41) is 5.48. The van der Waals surface area contributed by atoms with Gasteiger partial charge in [0.15, 0.2) is 0 Å². The minimum absolute atomic E-state index is 0.0222. The van der Waals surface area contributed by atoms with Gasteiger partial charge in [0.25, 0.3) is 0 Å². The van der Waals surface area contributed by atoms with E-state index in [4.69, 9.17) is 4.74 Å². The zero-order valence-electron chi connectivity index (χ0n) is 13.7. The van der Waals surface area contributed by atoms with Crippen molar-refractivity contribution in [2.75, 3.05) is 6.61 Å². The van der Waals surface area contributed by atoms with Gasteiger partial charge in [0.1, 0.15) is 12.6 Å². The van der Waals surface area contributed by atoms with Crippen LogP contribution in [-0.2, 0) is 19.1 Å². The number of carbonyl (C=O) groups is 3. The average Bonchev–Trinajstić information content (AvgIpc) is 2.56. The van der Waals surface area contributed by atoms with E-state index < -0.39 is 18.1 Å². The lowest BCUT2D eigenvalue weighted by Gasteiger charge is -2.22. The van der Waals surface area contributed by atoms with Crippen molar-refractivity contribution in [1.29, 1.82) is 0 Å². The molecule has 0 saturated heterocycles. The average molecular weight is 330 g/mol. The summed E-state index contributed by atoms with van der Waals surface area (Å²) in [5.41, 5.74) is 0.863. The van der Waals surface area contributed by atoms with Crippen molar-refractivity contribution in [3.63, 3.8) is 0 Å². The van der Waals surface area contributed by atoms with E-state index in [1.807, 2.05) is 36.4 Å². The number of allylic oxidation sites excluding steroid dienone is 1. The first kappa shape index (κ1) is 17.7. The summed E-state index contributed by atoms with van der Waals surface area (Å²) in [6.07, 6.45) is 4.90. The number of hydrogen-bond donors (Lipinski definition) is 2. The van der Waals surface area contributed by atoms with Gasteiger partial charge in [0, 0.05) is 13.3 Å². The molecule has 0 unspecified atom stereocenters. The third-order valence-electron chi connectivity index (χ3n) is 3.67. The molecule has 0 aliphatic carbocycles. The Kier molecular flexibility index (Phi) is 6.54. The number of esters is 1. The molecule has 1 aliphatic rings. The van der Waals surface area contributed by atoms with Crippen LogP contribution in [0.5, 0.6) is 0 Å². The van der Waals surface area contributed by atoms with E-state index in [-0.39, 0.29) is 18.4 Å². The molecule has 1 aliphatic heterocycles. The van der Waals surface area contributed by atoms with Crippen molar-refractivity contribution < 1.29 is 19.1 Å². The molecule has 0 radical (unpaired) electrons. The van der Waals surface area contributed by atoms with Gasteiger partial charge >= 0.3 is 5.97 Å². The molecule has 2 rings (SSSR count). The summed E-state index contributed by atoms with van der Waals surface area (Å²) in [6, 6.07) is 8.22. The van der Waals surface area contributed by atoms with E-state index in [2.05, 4.69) is 10.6 Å². The molecule has 2 amide bonds. The lowest BCUT2D eigenvalue weighted by molar-refractivity contribution is -0.148. The summed E-state index contributed by atoms with van der Waals surface area (Å²) in [6.45, 7) is 1.38. The van der Waals surface area contributed by atoms with E-state index in [0.29, 0.717) is 19.3 Å². The van der Waals surface area contributed by atoms with E-state index in [0.717, 1.165) is 5.56 Å². The Hall–Kier alpha value is -2.63. The maximum Gasteiger partial charge on any atom is 0.329 e. The molecule has 128 valence electrons. The highest BCUT2D eigenvalue weighted by molar-refractivity contribution is 5.83. The summed E-state index contributed by atoms with van der Waals surface area (Å²) in [5.74, 6) is -0.889. The molecule has 1 aromatic carbocycles. The predicted molar refractivity (Wildman–Crippen MR) is 88.9 cm³/mol. The smallest absolute Gasteiger partial charge is 0.329 e. The molecule has 0 spiro atoms. The van der Waals surface area contributed by atoms with Gasteiger partial charge in [-0.3, -0.25) is 9.59 Å². The summed E-state index contributed by atoms with van der Waals surface area (Å²) < 4.78 is 5.34. The van der Waals surface area contributed by atoms with Crippen LogP contribution in [-0.4, -0.2) is 30.4 Å². The fourth-order valence-corrected chi connectivity index (χ4v) is 2.46. The number of nitrogens with one attached hydrogen (secondary N) is 2. The van der Waals surface area contributed by atoms with Crippen LogP contribution in [0.2, 0.25) is 0 Å². The van der Waals surface area contributed by atoms with Crippen LogP contribution in [0, 0.1) is 0 Å². The molecule has 24 heavy (non-hydrogen) atoms. The Labute approximate surface area is 141 Å². The lowest BCUT2D eigenvalue weighted by Crippen LogP contribution is -2.42. The second-order valence-corrected chi connectivity index (χ2v) is 5.66. The van der Waals surface area contributed by atoms with Crippen molar-refractivity contribution in [3.05, 3.63) is 48.0 Å². The molecule has 1 heterocycles. The van der Waals surface area contributed by atoms with Crippen LogP contribution in [0.25, 0.3) is 0 Å². The molecule has 1 aromatic rings. The Balaban J connectivity index is 2.15. The number of ether oxygens (including phenoxy) is 1. The Morgan fingerprint density at radius 1 is 1.21 bits per heavy atom. The van der Waals surface area contributed by atoms with Gasteiger partial charge in [-0.1, -0.05) is 42.5 Å². The Bertz CT molecular complexity index is 613. The monoisotopic (exact) mass is 330 g/mol. The Morgan fingerprint density at radius 3 is 2.67 bits per heavy atom. The van der Waals surface area contributed by atoms with Gasteiger partial charge in [-0.05, 0) is 18.4 Å². The number of carbonyl (C=O) groups excluding carboxylic acids is 3. The van der Waals surface area contributed by atoms with Gasteiger partial charge in [-0.2, -0.15) is 0 Å². The minimum Gasteiger partial charge on any atom is -0.462 e. The van der Waals surface area contributed by atoms with Crippen molar-refractivity contribution in [3.8, 4) is 0 Å². The van der Waals surface area contributed by atoms with Crippen LogP contribution < -0.4 is 10.6 Å². The predicted octanol–water partition coefficient (Wildman–Crippen LogP) is 1.63. The van der Waals surface area contributed by atoms with Gasteiger partial charge in [0.05, 0.1) is 6.04 Å². The van der Waals surface area contributed by atoms with E-state index in [9.17, 15) is 14.4 Å².